The van der Waals surface area contributed by atoms with E-state index in [1.54, 1.807) is 6.33 Å². The first-order chi connectivity index (χ1) is 10.6. The van der Waals surface area contributed by atoms with Gasteiger partial charge >= 0.3 is 0 Å². The van der Waals surface area contributed by atoms with Crippen molar-refractivity contribution in [1.29, 1.82) is 0 Å². The maximum Gasteiger partial charge on any atom is 0.135 e. The van der Waals surface area contributed by atoms with Crippen LogP contribution in [0.4, 0.5) is 17.3 Å². The van der Waals surface area contributed by atoms with E-state index in [-0.39, 0.29) is 0 Å². The molecular formula is C18H26N4. The lowest BCUT2D eigenvalue weighted by Crippen LogP contribution is -2.25. The smallest absolute Gasteiger partial charge is 0.135 e. The van der Waals surface area contributed by atoms with E-state index in [2.05, 4.69) is 66.1 Å². The van der Waals surface area contributed by atoms with Gasteiger partial charge in [-0.3, -0.25) is 0 Å². The van der Waals surface area contributed by atoms with Crippen LogP contribution in [0.5, 0.6) is 0 Å². The van der Waals surface area contributed by atoms with Crippen LogP contribution in [0.2, 0.25) is 0 Å². The number of rotatable bonds is 7. The van der Waals surface area contributed by atoms with Crippen LogP contribution in [-0.4, -0.2) is 23.1 Å². The Hall–Kier alpha value is -2.10. The Bertz CT molecular complexity index is 604. The number of hydrogen-bond acceptors (Lipinski definition) is 4. The van der Waals surface area contributed by atoms with E-state index in [0.717, 1.165) is 43.3 Å². The molecule has 0 saturated heterocycles. The highest BCUT2D eigenvalue weighted by atomic mass is 15.2. The molecule has 22 heavy (non-hydrogen) atoms. The zero-order chi connectivity index (χ0) is 15.9. The van der Waals surface area contributed by atoms with E-state index >= 15 is 0 Å². The Labute approximate surface area is 133 Å². The average molecular weight is 298 g/mol. The second kappa shape index (κ2) is 7.78. The normalized spacial score (nSPS) is 10.5. The summed E-state index contributed by atoms with van der Waals surface area (Å²) in [6.07, 6.45) is 3.87. The Morgan fingerprint density at radius 1 is 1.00 bits per heavy atom. The Morgan fingerprint density at radius 2 is 1.73 bits per heavy atom. The Balaban J connectivity index is 2.20. The number of nitrogens with zero attached hydrogens (tertiary/aromatic N) is 3. The first kappa shape index (κ1) is 16.3. The third kappa shape index (κ3) is 4.20. The molecule has 0 aliphatic carbocycles. The number of hydrogen-bond donors (Lipinski definition) is 1. The number of anilines is 3. The second-order valence-electron chi connectivity index (χ2n) is 5.69. The minimum Gasteiger partial charge on any atom is -0.356 e. The maximum atomic E-state index is 4.43. The van der Waals surface area contributed by atoms with Crippen molar-refractivity contribution in [3.63, 3.8) is 0 Å². The van der Waals surface area contributed by atoms with Crippen molar-refractivity contribution in [3.8, 4) is 0 Å². The topological polar surface area (TPSA) is 41.0 Å². The molecule has 0 aliphatic heterocycles. The first-order valence-corrected chi connectivity index (χ1v) is 8.05. The van der Waals surface area contributed by atoms with E-state index in [1.165, 1.54) is 11.1 Å². The van der Waals surface area contributed by atoms with Gasteiger partial charge in [0.2, 0.25) is 0 Å². The lowest BCUT2D eigenvalue weighted by atomic mass is 10.1. The molecule has 2 aromatic rings. The predicted octanol–water partition coefficient (Wildman–Crippen LogP) is 4.46. The second-order valence-corrected chi connectivity index (χ2v) is 5.69. The molecule has 0 aliphatic rings. The minimum atomic E-state index is 0.842. The van der Waals surface area contributed by atoms with Crippen LogP contribution in [0.3, 0.4) is 0 Å². The van der Waals surface area contributed by atoms with E-state index < -0.39 is 0 Å². The average Bonchev–Trinajstić information content (AvgIpc) is 2.50. The highest BCUT2D eigenvalue weighted by molar-refractivity contribution is 5.62. The molecule has 4 heteroatoms. The standard InChI is InChI=1S/C18H26N4/c1-5-9-22(10-6-2)18-12-17(19-13-20-18)21-16-8-7-14(3)11-15(16)4/h7-8,11-13H,5-6,9-10H2,1-4H3,(H,19,20,21). The van der Waals surface area contributed by atoms with Gasteiger partial charge < -0.3 is 10.2 Å². The van der Waals surface area contributed by atoms with Crippen molar-refractivity contribution in [2.45, 2.75) is 40.5 Å². The summed E-state index contributed by atoms with van der Waals surface area (Å²) in [5.41, 5.74) is 3.58. The van der Waals surface area contributed by atoms with Gasteiger partial charge in [0, 0.05) is 24.8 Å². The van der Waals surface area contributed by atoms with E-state index in [1.807, 2.05) is 6.07 Å². The fourth-order valence-corrected chi connectivity index (χ4v) is 2.56. The molecule has 0 spiro atoms. The fourth-order valence-electron chi connectivity index (χ4n) is 2.56. The van der Waals surface area contributed by atoms with Crippen molar-refractivity contribution < 1.29 is 0 Å². The SMILES string of the molecule is CCCN(CCC)c1cc(Nc2ccc(C)cc2C)ncn1. The van der Waals surface area contributed by atoms with Gasteiger partial charge in [-0.15, -0.1) is 0 Å². The van der Waals surface area contributed by atoms with Crippen LogP contribution >= 0.6 is 0 Å². The van der Waals surface area contributed by atoms with Crippen molar-refractivity contribution in [3.05, 3.63) is 41.7 Å². The molecule has 0 unspecified atom stereocenters. The quantitative estimate of drug-likeness (QED) is 0.819. The molecule has 2 rings (SSSR count). The molecule has 1 aromatic carbocycles. The van der Waals surface area contributed by atoms with Gasteiger partial charge in [0.15, 0.2) is 0 Å². The monoisotopic (exact) mass is 298 g/mol. The summed E-state index contributed by atoms with van der Waals surface area (Å²) < 4.78 is 0. The molecule has 0 saturated carbocycles. The van der Waals surface area contributed by atoms with Crippen LogP contribution in [0.25, 0.3) is 0 Å². The molecule has 0 bridgehead atoms. The Morgan fingerprint density at radius 3 is 2.36 bits per heavy atom. The summed E-state index contributed by atoms with van der Waals surface area (Å²) >= 11 is 0. The van der Waals surface area contributed by atoms with Crippen molar-refractivity contribution in [1.82, 2.24) is 9.97 Å². The molecule has 4 nitrogen and oxygen atoms in total. The molecular weight excluding hydrogens is 272 g/mol. The number of aryl methyl sites for hydroxylation is 2. The summed E-state index contributed by atoms with van der Waals surface area (Å²) in [4.78, 5) is 11.1. The molecule has 118 valence electrons. The molecule has 1 heterocycles. The third-order valence-electron chi connectivity index (χ3n) is 3.61. The van der Waals surface area contributed by atoms with Crippen LogP contribution in [0, 0.1) is 13.8 Å². The first-order valence-electron chi connectivity index (χ1n) is 8.05. The van der Waals surface area contributed by atoms with Gasteiger partial charge in [-0.05, 0) is 38.3 Å². The molecule has 0 fully saturated rings. The van der Waals surface area contributed by atoms with Gasteiger partial charge in [-0.25, -0.2) is 9.97 Å². The predicted molar refractivity (Wildman–Crippen MR) is 94.0 cm³/mol. The third-order valence-corrected chi connectivity index (χ3v) is 3.61. The van der Waals surface area contributed by atoms with Gasteiger partial charge in [0.1, 0.15) is 18.0 Å². The van der Waals surface area contributed by atoms with Crippen LogP contribution < -0.4 is 10.2 Å². The zero-order valence-electron chi connectivity index (χ0n) is 14.1. The van der Waals surface area contributed by atoms with E-state index in [4.69, 9.17) is 0 Å². The number of nitrogens with one attached hydrogen (secondary N) is 1. The molecule has 0 amide bonds. The van der Waals surface area contributed by atoms with E-state index in [9.17, 15) is 0 Å². The maximum absolute atomic E-state index is 4.43. The van der Waals surface area contributed by atoms with Gasteiger partial charge in [-0.1, -0.05) is 31.5 Å². The largest absolute Gasteiger partial charge is 0.356 e. The Kier molecular flexibility index (Phi) is 5.75. The van der Waals surface area contributed by atoms with Gasteiger partial charge in [0.05, 0.1) is 0 Å². The summed E-state index contributed by atoms with van der Waals surface area (Å²) in [5.74, 6) is 1.83. The zero-order valence-corrected chi connectivity index (χ0v) is 14.1. The molecule has 1 N–H and O–H groups in total. The highest BCUT2D eigenvalue weighted by Gasteiger charge is 2.08. The summed E-state index contributed by atoms with van der Waals surface area (Å²) in [7, 11) is 0. The lowest BCUT2D eigenvalue weighted by Gasteiger charge is -2.22. The van der Waals surface area contributed by atoms with Crippen molar-refractivity contribution >= 4 is 17.3 Å². The molecule has 0 radical (unpaired) electrons. The summed E-state index contributed by atoms with van der Waals surface area (Å²) in [6.45, 7) is 10.6. The highest BCUT2D eigenvalue weighted by Crippen LogP contribution is 2.22. The lowest BCUT2D eigenvalue weighted by molar-refractivity contribution is 0.733. The minimum absolute atomic E-state index is 0.842. The van der Waals surface area contributed by atoms with Gasteiger partial charge in [0.25, 0.3) is 0 Å². The fraction of sp³-hybridized carbons (Fsp3) is 0.444. The molecule has 1 aromatic heterocycles. The number of aromatic nitrogens is 2. The van der Waals surface area contributed by atoms with Crippen molar-refractivity contribution in [2.24, 2.45) is 0 Å². The summed E-state index contributed by atoms with van der Waals surface area (Å²) in [6, 6.07) is 8.41. The van der Waals surface area contributed by atoms with Crippen LogP contribution in [0.15, 0.2) is 30.6 Å². The van der Waals surface area contributed by atoms with Crippen LogP contribution in [-0.2, 0) is 0 Å². The van der Waals surface area contributed by atoms with Crippen LogP contribution in [0.1, 0.15) is 37.8 Å². The molecule has 0 atom stereocenters. The number of benzene rings is 1. The van der Waals surface area contributed by atoms with Gasteiger partial charge in [-0.2, -0.15) is 0 Å². The summed E-state index contributed by atoms with van der Waals surface area (Å²) in [5, 5.41) is 3.40. The van der Waals surface area contributed by atoms with E-state index in [0.29, 0.717) is 0 Å². The van der Waals surface area contributed by atoms with Crippen molar-refractivity contribution in [2.75, 3.05) is 23.3 Å².